The molecule has 0 aromatic heterocycles. The Bertz CT molecular complexity index is 999. The predicted octanol–water partition coefficient (Wildman–Crippen LogP) is 5.57. The van der Waals surface area contributed by atoms with E-state index in [-0.39, 0.29) is 17.7 Å². The lowest BCUT2D eigenvalue weighted by Gasteiger charge is -2.44. The summed E-state index contributed by atoms with van der Waals surface area (Å²) in [5.41, 5.74) is 1.97. The minimum absolute atomic E-state index is 0.0782. The predicted molar refractivity (Wildman–Crippen MR) is 115 cm³/mol. The van der Waals surface area contributed by atoms with Crippen LogP contribution in [0.15, 0.2) is 42.5 Å². The number of ether oxygens (including phenoxy) is 1. The summed E-state index contributed by atoms with van der Waals surface area (Å²) in [5, 5.41) is 3.00. The molecule has 1 N–H and O–H groups in total. The van der Waals surface area contributed by atoms with Crippen LogP contribution in [0.25, 0.3) is 11.1 Å². The highest BCUT2D eigenvalue weighted by Gasteiger charge is 2.37. The second-order valence-electron chi connectivity index (χ2n) is 9.13. The van der Waals surface area contributed by atoms with Crippen LogP contribution in [0.4, 0.5) is 18.0 Å². The van der Waals surface area contributed by atoms with Crippen molar-refractivity contribution in [1.82, 2.24) is 10.2 Å². The number of benzene rings is 2. The highest BCUT2D eigenvalue weighted by Crippen LogP contribution is 2.39. The molecule has 1 unspecified atom stereocenters. The monoisotopic (exact) mass is 444 g/mol. The number of halogens is 3. The molecule has 170 valence electrons. The largest absolute Gasteiger partial charge is 0.445 e. The number of rotatable bonds is 3. The van der Waals surface area contributed by atoms with Gasteiger partial charge in [0.25, 0.3) is 0 Å². The fourth-order valence-corrected chi connectivity index (χ4v) is 5.46. The molecule has 2 atom stereocenters. The number of hydrogen-bond acceptors (Lipinski definition) is 3. The van der Waals surface area contributed by atoms with E-state index in [0.29, 0.717) is 11.5 Å². The number of alkyl halides is 3. The van der Waals surface area contributed by atoms with Crippen molar-refractivity contribution in [3.05, 3.63) is 59.2 Å². The lowest BCUT2D eigenvalue weighted by molar-refractivity contribution is -0.137. The molecule has 32 heavy (non-hydrogen) atoms. The van der Waals surface area contributed by atoms with E-state index in [1.165, 1.54) is 12.1 Å². The number of alkyl carbamates (subject to hydrolysis) is 1. The summed E-state index contributed by atoms with van der Waals surface area (Å²) < 4.78 is 46.4. The van der Waals surface area contributed by atoms with Gasteiger partial charge >= 0.3 is 12.3 Å². The van der Waals surface area contributed by atoms with Crippen LogP contribution in [-0.4, -0.2) is 36.7 Å². The maximum atomic E-state index is 13.5. The third kappa shape index (κ3) is 4.22. The van der Waals surface area contributed by atoms with Gasteiger partial charge in [-0.25, -0.2) is 4.79 Å². The fourth-order valence-electron chi connectivity index (χ4n) is 5.46. The van der Waals surface area contributed by atoms with Gasteiger partial charge in [-0.1, -0.05) is 30.3 Å². The zero-order valence-corrected chi connectivity index (χ0v) is 17.8. The van der Waals surface area contributed by atoms with Gasteiger partial charge in [0.15, 0.2) is 0 Å². The number of piperidine rings is 3. The normalized spacial score (nSPS) is 27.0. The molecule has 7 heteroatoms. The Labute approximate surface area is 185 Å². The zero-order chi connectivity index (χ0) is 22.3. The number of aryl methyl sites for hydroxylation is 1. The first kappa shape index (κ1) is 21.3. The van der Waals surface area contributed by atoms with Gasteiger partial charge in [-0.05, 0) is 85.5 Å². The van der Waals surface area contributed by atoms with Gasteiger partial charge in [-0.15, -0.1) is 0 Å². The maximum absolute atomic E-state index is 13.5. The molecule has 3 aliphatic heterocycles. The third-order valence-corrected chi connectivity index (χ3v) is 7.15. The second-order valence-corrected chi connectivity index (χ2v) is 9.13. The average molecular weight is 444 g/mol. The number of carbonyl (C=O) groups is 1. The standard InChI is InChI=1S/C25H27F3N2O2/c26-25(27,28)21-6-2-1-5-19(21)18-9-8-16-4-3-7-22(20(16)14-18)29-24(31)32-23-15-30-12-10-17(23)11-13-30/h1-2,5-6,8-9,14,17,22-23H,3-4,7,10-13,15H2,(H,29,31)/t22?,23-/m1/s1. The van der Waals surface area contributed by atoms with E-state index < -0.39 is 17.8 Å². The van der Waals surface area contributed by atoms with Crippen molar-refractivity contribution in [3.8, 4) is 11.1 Å². The highest BCUT2D eigenvalue weighted by molar-refractivity contribution is 5.71. The Morgan fingerprint density at radius 1 is 1.06 bits per heavy atom. The Morgan fingerprint density at radius 3 is 2.56 bits per heavy atom. The molecule has 1 aliphatic carbocycles. The Kier molecular flexibility index (Phi) is 5.61. The fraction of sp³-hybridized carbons (Fsp3) is 0.480. The van der Waals surface area contributed by atoms with Crippen molar-refractivity contribution >= 4 is 6.09 Å². The van der Waals surface area contributed by atoms with E-state index in [1.807, 2.05) is 6.07 Å². The summed E-state index contributed by atoms with van der Waals surface area (Å²) in [5.74, 6) is 0.426. The number of nitrogens with one attached hydrogen (secondary N) is 1. The molecule has 2 aromatic carbocycles. The lowest BCUT2D eigenvalue weighted by atomic mass is 9.85. The summed E-state index contributed by atoms with van der Waals surface area (Å²) in [4.78, 5) is 15.0. The molecule has 4 aliphatic rings. The molecule has 4 nitrogen and oxygen atoms in total. The van der Waals surface area contributed by atoms with Crippen molar-refractivity contribution < 1.29 is 22.7 Å². The van der Waals surface area contributed by atoms with Crippen LogP contribution in [0, 0.1) is 5.92 Å². The minimum Gasteiger partial charge on any atom is -0.445 e. The molecular weight excluding hydrogens is 417 g/mol. The van der Waals surface area contributed by atoms with E-state index >= 15 is 0 Å². The van der Waals surface area contributed by atoms with Gasteiger partial charge in [0.1, 0.15) is 6.10 Å². The molecule has 6 rings (SSSR count). The molecule has 3 fully saturated rings. The van der Waals surface area contributed by atoms with Crippen LogP contribution in [0.3, 0.4) is 0 Å². The third-order valence-electron chi connectivity index (χ3n) is 7.15. The second kappa shape index (κ2) is 8.43. The van der Waals surface area contributed by atoms with E-state index in [0.717, 1.165) is 68.9 Å². The first-order valence-electron chi connectivity index (χ1n) is 11.4. The average Bonchev–Trinajstić information content (AvgIpc) is 2.79. The van der Waals surface area contributed by atoms with Crippen molar-refractivity contribution in [1.29, 1.82) is 0 Å². The Hall–Kier alpha value is -2.54. The molecule has 2 bridgehead atoms. The van der Waals surface area contributed by atoms with Gasteiger partial charge in [-0.2, -0.15) is 13.2 Å². The summed E-state index contributed by atoms with van der Waals surface area (Å²) in [6.45, 7) is 2.94. The van der Waals surface area contributed by atoms with Crippen LogP contribution in [0.5, 0.6) is 0 Å². The van der Waals surface area contributed by atoms with Crippen LogP contribution >= 0.6 is 0 Å². The molecule has 0 saturated carbocycles. The number of nitrogens with zero attached hydrogens (tertiary/aromatic N) is 1. The summed E-state index contributed by atoms with van der Waals surface area (Å²) in [6.07, 6.45) is -0.304. The SMILES string of the molecule is O=C(NC1CCCc2ccc(-c3ccccc3C(F)(F)F)cc21)O[C@@H]1CN2CCC1CC2. The maximum Gasteiger partial charge on any atom is 0.417 e. The van der Waals surface area contributed by atoms with Gasteiger partial charge in [-0.3, -0.25) is 4.90 Å². The van der Waals surface area contributed by atoms with E-state index in [4.69, 9.17) is 4.74 Å². The lowest BCUT2D eigenvalue weighted by Crippen LogP contribution is -2.52. The summed E-state index contributed by atoms with van der Waals surface area (Å²) >= 11 is 0. The molecule has 3 heterocycles. The summed E-state index contributed by atoms with van der Waals surface area (Å²) in [6, 6.07) is 10.8. The van der Waals surface area contributed by atoms with E-state index in [9.17, 15) is 18.0 Å². The van der Waals surface area contributed by atoms with E-state index in [2.05, 4.69) is 10.2 Å². The van der Waals surface area contributed by atoms with Crippen molar-refractivity contribution in [2.75, 3.05) is 19.6 Å². The molecule has 0 spiro atoms. The summed E-state index contributed by atoms with van der Waals surface area (Å²) in [7, 11) is 0. The topological polar surface area (TPSA) is 41.6 Å². The molecule has 1 amide bonds. The highest BCUT2D eigenvalue weighted by atomic mass is 19.4. The van der Waals surface area contributed by atoms with Crippen molar-refractivity contribution in [2.24, 2.45) is 5.92 Å². The zero-order valence-electron chi connectivity index (χ0n) is 17.8. The molecule has 3 saturated heterocycles. The van der Waals surface area contributed by atoms with Crippen LogP contribution < -0.4 is 5.32 Å². The minimum atomic E-state index is -4.43. The number of amides is 1. The quantitative estimate of drug-likeness (QED) is 0.673. The Balaban J connectivity index is 1.36. The Morgan fingerprint density at radius 2 is 1.84 bits per heavy atom. The van der Waals surface area contributed by atoms with Crippen LogP contribution in [0.2, 0.25) is 0 Å². The first-order valence-corrected chi connectivity index (χ1v) is 11.4. The van der Waals surface area contributed by atoms with Gasteiger partial charge in [0, 0.05) is 6.54 Å². The molecule has 0 radical (unpaired) electrons. The molecule has 2 aromatic rings. The van der Waals surface area contributed by atoms with Gasteiger partial charge in [0.05, 0.1) is 11.6 Å². The van der Waals surface area contributed by atoms with Crippen LogP contribution in [0.1, 0.15) is 48.4 Å². The first-order chi connectivity index (χ1) is 15.4. The number of fused-ring (bicyclic) bond motifs is 4. The number of carbonyl (C=O) groups excluding carboxylic acids is 1. The van der Waals surface area contributed by atoms with Crippen molar-refractivity contribution in [3.63, 3.8) is 0 Å². The van der Waals surface area contributed by atoms with E-state index in [1.54, 1.807) is 18.2 Å². The van der Waals surface area contributed by atoms with Gasteiger partial charge in [0.2, 0.25) is 0 Å². The number of hydrogen-bond donors (Lipinski definition) is 1. The van der Waals surface area contributed by atoms with Crippen LogP contribution in [-0.2, 0) is 17.3 Å². The molecular formula is C25H27F3N2O2. The van der Waals surface area contributed by atoms with Crippen molar-refractivity contribution in [2.45, 2.75) is 50.4 Å². The van der Waals surface area contributed by atoms with Gasteiger partial charge < -0.3 is 10.1 Å². The smallest absolute Gasteiger partial charge is 0.417 e.